The summed E-state index contributed by atoms with van der Waals surface area (Å²) in [5.41, 5.74) is -0.0316. The Hall–Kier alpha value is -5.33. The molecule has 0 fully saturated rings. The average Bonchev–Trinajstić information content (AvgIpc) is 3.12. The first kappa shape index (κ1) is 24.8. The van der Waals surface area contributed by atoms with E-state index in [4.69, 9.17) is 0 Å². The summed E-state index contributed by atoms with van der Waals surface area (Å²) in [6, 6.07) is 12.0. The van der Waals surface area contributed by atoms with Crippen LogP contribution >= 0.6 is 0 Å². The number of hydrogen-bond donors (Lipinski definition) is 1. The zero-order valence-electron chi connectivity index (χ0n) is 19.3. The molecule has 1 aliphatic carbocycles. The topological polar surface area (TPSA) is 188 Å². The van der Waals surface area contributed by atoms with Crippen LogP contribution in [0.15, 0.2) is 59.6 Å². The molecular weight excluding hydrogens is 486 g/mol. The molecule has 1 aliphatic rings. The number of nitrogens with one attached hydrogen (secondary N) is 1. The van der Waals surface area contributed by atoms with Gasteiger partial charge in [0, 0.05) is 23.4 Å². The van der Waals surface area contributed by atoms with Crippen LogP contribution in [0.5, 0.6) is 0 Å². The molecule has 0 radical (unpaired) electrons. The van der Waals surface area contributed by atoms with Gasteiger partial charge in [-0.05, 0) is 37.6 Å². The summed E-state index contributed by atoms with van der Waals surface area (Å²) in [6.45, 7) is 2.92. The Bertz CT molecular complexity index is 1560. The van der Waals surface area contributed by atoms with Crippen LogP contribution in [-0.2, 0) is 4.79 Å². The lowest BCUT2D eigenvalue weighted by Gasteiger charge is -2.11. The first-order valence-corrected chi connectivity index (χ1v) is 10.7. The van der Waals surface area contributed by atoms with Crippen molar-refractivity contribution in [2.24, 2.45) is 10.9 Å². The van der Waals surface area contributed by atoms with E-state index in [1.807, 2.05) is 0 Å². The summed E-state index contributed by atoms with van der Waals surface area (Å²) >= 11 is 0. The Morgan fingerprint density at radius 2 is 1.62 bits per heavy atom. The number of Topliss-reactive ketones (excluding diaryl/α,β-unsaturated/α-hetero) is 2. The number of non-ortho nitro benzene ring substituents is 1. The second-order valence-corrected chi connectivity index (χ2v) is 8.20. The summed E-state index contributed by atoms with van der Waals surface area (Å²) in [5, 5.41) is 36.8. The van der Waals surface area contributed by atoms with Gasteiger partial charge in [-0.2, -0.15) is 0 Å². The van der Waals surface area contributed by atoms with Gasteiger partial charge in [0.15, 0.2) is 5.78 Å². The Morgan fingerprint density at radius 1 is 0.919 bits per heavy atom. The van der Waals surface area contributed by atoms with Gasteiger partial charge in [-0.3, -0.25) is 44.9 Å². The van der Waals surface area contributed by atoms with Gasteiger partial charge in [-0.25, -0.2) is 0 Å². The standard InChI is InChI=1S/C24H17N5O8/c1-12-6-7-14(25-17-9-8-15(27(32)33)11-20(17)29(36)37)10-18(12)26-23-16-4-3-5-19(28(34)35)22(16)24(31)21(23)13(2)30/h3-11,21,25H,1-2H3/t21-/m1/s1. The number of nitrogens with zero attached hydrogens (tertiary/aromatic N) is 4. The molecule has 13 heteroatoms. The van der Waals surface area contributed by atoms with E-state index < -0.39 is 49.3 Å². The van der Waals surface area contributed by atoms with Crippen LogP contribution in [-0.4, -0.2) is 32.0 Å². The van der Waals surface area contributed by atoms with E-state index in [0.717, 1.165) is 12.1 Å². The van der Waals surface area contributed by atoms with Gasteiger partial charge in [0.1, 0.15) is 23.0 Å². The van der Waals surface area contributed by atoms with E-state index in [1.54, 1.807) is 19.1 Å². The van der Waals surface area contributed by atoms with Gasteiger partial charge in [0.05, 0.1) is 32.2 Å². The molecular formula is C24H17N5O8. The quantitative estimate of drug-likeness (QED) is 0.263. The minimum atomic E-state index is -1.32. The zero-order valence-corrected chi connectivity index (χ0v) is 19.3. The third kappa shape index (κ3) is 4.52. The fourth-order valence-electron chi connectivity index (χ4n) is 4.07. The highest BCUT2D eigenvalue weighted by molar-refractivity contribution is 6.38. The van der Waals surface area contributed by atoms with Gasteiger partial charge in [0.2, 0.25) is 0 Å². The summed E-state index contributed by atoms with van der Waals surface area (Å²) in [6.07, 6.45) is 0. The van der Waals surface area contributed by atoms with Gasteiger partial charge in [0.25, 0.3) is 17.1 Å². The maximum Gasteiger partial charge on any atom is 0.299 e. The normalized spacial score (nSPS) is 15.4. The summed E-state index contributed by atoms with van der Waals surface area (Å²) in [7, 11) is 0. The number of carbonyl (C=O) groups is 2. The van der Waals surface area contributed by atoms with E-state index in [2.05, 4.69) is 10.3 Å². The van der Waals surface area contributed by atoms with Crippen molar-refractivity contribution in [3.63, 3.8) is 0 Å². The number of carbonyl (C=O) groups excluding carboxylic acids is 2. The second-order valence-electron chi connectivity index (χ2n) is 8.20. The molecule has 0 aliphatic heterocycles. The molecule has 3 aromatic carbocycles. The van der Waals surface area contributed by atoms with Crippen molar-refractivity contribution >= 4 is 51.4 Å². The SMILES string of the molecule is CC(=O)[C@H]1C(=O)c2c(cccc2[N+](=O)[O-])C1=Nc1cc(Nc2ccc([N+](=O)[O-])cc2[N+](=O)[O-])ccc1C. The second kappa shape index (κ2) is 9.37. The van der Waals surface area contributed by atoms with Gasteiger partial charge < -0.3 is 5.32 Å². The van der Waals surface area contributed by atoms with Crippen LogP contribution in [0.25, 0.3) is 0 Å². The lowest BCUT2D eigenvalue weighted by molar-refractivity contribution is -0.393. The fourth-order valence-corrected chi connectivity index (χ4v) is 4.07. The average molecular weight is 503 g/mol. The molecule has 0 amide bonds. The van der Waals surface area contributed by atoms with Crippen molar-refractivity contribution in [3.8, 4) is 0 Å². The summed E-state index contributed by atoms with van der Waals surface area (Å²) < 4.78 is 0. The first-order chi connectivity index (χ1) is 17.5. The van der Waals surface area contributed by atoms with Crippen molar-refractivity contribution in [3.05, 3.63) is 102 Å². The third-order valence-corrected chi connectivity index (χ3v) is 5.82. The summed E-state index contributed by atoms with van der Waals surface area (Å²) in [4.78, 5) is 61.7. The van der Waals surface area contributed by atoms with Crippen molar-refractivity contribution in [1.29, 1.82) is 0 Å². The number of aliphatic imine (C=N–C) groups is 1. The monoisotopic (exact) mass is 503 g/mol. The van der Waals surface area contributed by atoms with Gasteiger partial charge in [-0.15, -0.1) is 0 Å². The van der Waals surface area contributed by atoms with Crippen molar-refractivity contribution < 1.29 is 24.4 Å². The maximum atomic E-state index is 13.0. The maximum absolute atomic E-state index is 13.0. The van der Waals surface area contributed by atoms with Crippen molar-refractivity contribution in [1.82, 2.24) is 0 Å². The highest BCUT2D eigenvalue weighted by Crippen LogP contribution is 2.38. The number of nitro groups is 3. The molecule has 0 aromatic heterocycles. The molecule has 13 nitrogen and oxygen atoms in total. The van der Waals surface area contributed by atoms with E-state index in [-0.39, 0.29) is 22.5 Å². The van der Waals surface area contributed by atoms with E-state index in [1.165, 1.54) is 37.3 Å². The summed E-state index contributed by atoms with van der Waals surface area (Å²) in [5.74, 6) is -2.55. The molecule has 0 heterocycles. The van der Waals surface area contributed by atoms with Crippen LogP contribution in [0.4, 0.5) is 34.1 Å². The van der Waals surface area contributed by atoms with Gasteiger partial charge >= 0.3 is 0 Å². The Labute approximate surface area is 207 Å². The van der Waals surface area contributed by atoms with Crippen LogP contribution in [0.2, 0.25) is 0 Å². The lowest BCUT2D eigenvalue weighted by Crippen LogP contribution is -2.23. The molecule has 0 bridgehead atoms. The smallest absolute Gasteiger partial charge is 0.299 e. The molecule has 186 valence electrons. The Balaban J connectivity index is 1.81. The fraction of sp³-hybridized carbons (Fsp3) is 0.125. The van der Waals surface area contributed by atoms with E-state index in [9.17, 15) is 39.9 Å². The molecule has 37 heavy (non-hydrogen) atoms. The number of fused-ring (bicyclic) bond motifs is 1. The number of anilines is 2. The third-order valence-electron chi connectivity index (χ3n) is 5.82. The number of rotatable bonds is 7. The number of nitro benzene ring substituents is 3. The number of ketones is 2. The molecule has 4 rings (SSSR count). The predicted octanol–water partition coefficient (Wildman–Crippen LogP) is 4.99. The number of aryl methyl sites for hydroxylation is 1. The molecule has 0 spiro atoms. The lowest BCUT2D eigenvalue weighted by atomic mass is 9.98. The Kier molecular flexibility index (Phi) is 6.28. The predicted molar refractivity (Wildman–Crippen MR) is 132 cm³/mol. The van der Waals surface area contributed by atoms with E-state index in [0.29, 0.717) is 16.9 Å². The van der Waals surface area contributed by atoms with Crippen molar-refractivity contribution in [2.75, 3.05) is 5.32 Å². The molecule has 3 aromatic rings. The van der Waals surface area contributed by atoms with Gasteiger partial charge in [-0.1, -0.05) is 18.2 Å². The number of benzene rings is 3. The molecule has 1 atom stereocenters. The molecule has 0 unspecified atom stereocenters. The number of hydrogen-bond acceptors (Lipinski definition) is 10. The largest absolute Gasteiger partial charge is 0.350 e. The molecule has 0 saturated carbocycles. The molecule has 1 N–H and O–H groups in total. The highest BCUT2D eigenvalue weighted by Gasteiger charge is 2.44. The van der Waals surface area contributed by atoms with Crippen LogP contribution in [0.3, 0.4) is 0 Å². The van der Waals surface area contributed by atoms with Crippen LogP contribution in [0.1, 0.15) is 28.4 Å². The highest BCUT2D eigenvalue weighted by atomic mass is 16.6. The first-order valence-electron chi connectivity index (χ1n) is 10.7. The van der Waals surface area contributed by atoms with Crippen LogP contribution in [0, 0.1) is 43.2 Å². The van der Waals surface area contributed by atoms with Crippen molar-refractivity contribution in [2.45, 2.75) is 13.8 Å². The van der Waals surface area contributed by atoms with E-state index >= 15 is 0 Å². The zero-order chi connectivity index (χ0) is 27.0. The van der Waals surface area contributed by atoms with Crippen LogP contribution < -0.4 is 5.32 Å². The minimum absolute atomic E-state index is 0.00307. The minimum Gasteiger partial charge on any atom is -0.350 e. The Morgan fingerprint density at radius 3 is 2.24 bits per heavy atom. The molecule has 0 saturated heterocycles.